The predicted molar refractivity (Wildman–Crippen MR) is 80.8 cm³/mol. The van der Waals surface area contributed by atoms with Crippen molar-refractivity contribution in [1.82, 2.24) is 5.32 Å². The van der Waals surface area contributed by atoms with Gasteiger partial charge in [-0.25, -0.2) is 0 Å². The average molecular weight is 261 g/mol. The van der Waals surface area contributed by atoms with E-state index in [4.69, 9.17) is 4.74 Å². The molecular weight excluding hydrogens is 234 g/mol. The van der Waals surface area contributed by atoms with Gasteiger partial charge in [-0.2, -0.15) is 0 Å². The molecule has 0 aliphatic heterocycles. The topological polar surface area (TPSA) is 21.3 Å². The van der Waals surface area contributed by atoms with Crippen molar-refractivity contribution in [2.24, 2.45) is 5.41 Å². The van der Waals surface area contributed by atoms with Crippen molar-refractivity contribution in [3.05, 3.63) is 29.8 Å². The monoisotopic (exact) mass is 261 g/mol. The largest absolute Gasteiger partial charge is 0.497 e. The lowest BCUT2D eigenvalue weighted by Crippen LogP contribution is -2.44. The first kappa shape index (κ1) is 14.4. The molecule has 1 aliphatic rings. The standard InChI is InChI=1S/C17H27NO/c1-5-17(2,3)12-18-15-9-14(10-15)13-7-6-8-16(11-13)19-4/h6-8,11,14-15,18H,5,9-10,12H2,1-4H3. The fraction of sp³-hybridized carbons (Fsp3) is 0.647. The van der Waals surface area contributed by atoms with E-state index in [1.807, 2.05) is 6.07 Å². The molecule has 106 valence electrons. The summed E-state index contributed by atoms with van der Waals surface area (Å²) in [4.78, 5) is 0. The van der Waals surface area contributed by atoms with Gasteiger partial charge in [0.15, 0.2) is 0 Å². The highest BCUT2D eigenvalue weighted by Crippen LogP contribution is 2.38. The molecule has 1 saturated carbocycles. The van der Waals surface area contributed by atoms with Crippen molar-refractivity contribution >= 4 is 0 Å². The molecule has 1 aliphatic carbocycles. The molecule has 0 amide bonds. The molecule has 0 atom stereocenters. The number of nitrogens with one attached hydrogen (secondary N) is 1. The van der Waals surface area contributed by atoms with Gasteiger partial charge in [0, 0.05) is 12.6 Å². The number of hydrogen-bond donors (Lipinski definition) is 1. The summed E-state index contributed by atoms with van der Waals surface area (Å²) >= 11 is 0. The Morgan fingerprint density at radius 3 is 2.68 bits per heavy atom. The molecule has 1 N–H and O–H groups in total. The van der Waals surface area contributed by atoms with E-state index in [1.165, 1.54) is 24.8 Å². The number of benzene rings is 1. The Kier molecular flexibility index (Phi) is 4.51. The van der Waals surface area contributed by atoms with Crippen LogP contribution in [0.15, 0.2) is 24.3 Å². The maximum Gasteiger partial charge on any atom is 0.119 e. The molecule has 0 bridgehead atoms. The third kappa shape index (κ3) is 3.73. The summed E-state index contributed by atoms with van der Waals surface area (Å²) in [6.45, 7) is 8.05. The zero-order chi connectivity index (χ0) is 13.9. The molecule has 0 unspecified atom stereocenters. The maximum absolute atomic E-state index is 5.29. The van der Waals surface area contributed by atoms with Gasteiger partial charge in [-0.15, -0.1) is 0 Å². The highest BCUT2D eigenvalue weighted by molar-refractivity contribution is 5.32. The molecule has 2 rings (SSSR count). The van der Waals surface area contributed by atoms with Gasteiger partial charge in [-0.05, 0) is 48.3 Å². The molecule has 2 nitrogen and oxygen atoms in total. The molecule has 2 heteroatoms. The lowest BCUT2D eigenvalue weighted by Gasteiger charge is -2.38. The Hall–Kier alpha value is -1.02. The van der Waals surface area contributed by atoms with E-state index in [1.54, 1.807) is 7.11 Å². The van der Waals surface area contributed by atoms with Crippen molar-refractivity contribution < 1.29 is 4.74 Å². The van der Waals surface area contributed by atoms with Gasteiger partial charge in [-0.3, -0.25) is 0 Å². The van der Waals surface area contributed by atoms with E-state index in [-0.39, 0.29) is 0 Å². The highest BCUT2D eigenvalue weighted by atomic mass is 16.5. The molecular formula is C17H27NO. The van der Waals surface area contributed by atoms with Crippen LogP contribution in [0, 0.1) is 5.41 Å². The molecule has 0 heterocycles. The van der Waals surface area contributed by atoms with Gasteiger partial charge in [0.25, 0.3) is 0 Å². The number of hydrogen-bond acceptors (Lipinski definition) is 2. The summed E-state index contributed by atoms with van der Waals surface area (Å²) in [5.74, 6) is 1.68. The van der Waals surface area contributed by atoms with Crippen molar-refractivity contribution in [3.8, 4) is 5.75 Å². The van der Waals surface area contributed by atoms with Gasteiger partial charge in [0.2, 0.25) is 0 Å². The van der Waals surface area contributed by atoms with Crippen LogP contribution in [-0.4, -0.2) is 19.7 Å². The van der Waals surface area contributed by atoms with E-state index < -0.39 is 0 Å². The minimum atomic E-state index is 0.418. The molecule has 19 heavy (non-hydrogen) atoms. The van der Waals surface area contributed by atoms with Gasteiger partial charge in [0.05, 0.1) is 7.11 Å². The first-order valence-corrected chi connectivity index (χ1v) is 7.41. The van der Waals surface area contributed by atoms with E-state index >= 15 is 0 Å². The molecule has 1 fully saturated rings. The second kappa shape index (κ2) is 5.96. The molecule has 0 radical (unpaired) electrons. The summed E-state index contributed by atoms with van der Waals surface area (Å²) in [7, 11) is 1.73. The average Bonchev–Trinajstić information content (AvgIpc) is 2.37. The fourth-order valence-corrected chi connectivity index (χ4v) is 2.50. The second-order valence-corrected chi connectivity index (χ2v) is 6.54. The smallest absolute Gasteiger partial charge is 0.119 e. The summed E-state index contributed by atoms with van der Waals surface area (Å²) in [5.41, 5.74) is 1.84. The van der Waals surface area contributed by atoms with Crippen LogP contribution in [0.2, 0.25) is 0 Å². The predicted octanol–water partition coefficient (Wildman–Crippen LogP) is 3.97. The Labute approximate surface area is 117 Å². The normalized spacial score (nSPS) is 22.9. The van der Waals surface area contributed by atoms with Crippen LogP contribution < -0.4 is 10.1 Å². The van der Waals surface area contributed by atoms with E-state index in [0.717, 1.165) is 12.3 Å². The van der Waals surface area contributed by atoms with Crippen molar-refractivity contribution in [1.29, 1.82) is 0 Å². The Morgan fingerprint density at radius 1 is 1.32 bits per heavy atom. The van der Waals surface area contributed by atoms with Gasteiger partial charge >= 0.3 is 0 Å². The molecule has 0 spiro atoms. The first-order chi connectivity index (χ1) is 9.04. The summed E-state index contributed by atoms with van der Waals surface area (Å²) in [6.07, 6.45) is 3.74. The fourth-order valence-electron chi connectivity index (χ4n) is 2.50. The van der Waals surface area contributed by atoms with E-state index in [2.05, 4.69) is 44.3 Å². The van der Waals surface area contributed by atoms with Gasteiger partial charge < -0.3 is 10.1 Å². The maximum atomic E-state index is 5.29. The Morgan fingerprint density at radius 2 is 2.05 bits per heavy atom. The lowest BCUT2D eigenvalue weighted by molar-refractivity contribution is 0.239. The van der Waals surface area contributed by atoms with Crippen LogP contribution in [0.5, 0.6) is 5.75 Å². The molecule has 1 aromatic rings. The summed E-state index contributed by atoms with van der Waals surface area (Å²) in [5, 5.41) is 3.71. The zero-order valence-corrected chi connectivity index (χ0v) is 12.7. The third-order valence-corrected chi connectivity index (χ3v) is 4.53. The van der Waals surface area contributed by atoms with Gasteiger partial charge in [-0.1, -0.05) is 32.9 Å². The van der Waals surface area contributed by atoms with E-state index in [0.29, 0.717) is 17.4 Å². The minimum Gasteiger partial charge on any atom is -0.497 e. The van der Waals surface area contributed by atoms with Crippen molar-refractivity contribution in [2.45, 2.75) is 52.0 Å². The van der Waals surface area contributed by atoms with Crippen molar-refractivity contribution in [2.75, 3.05) is 13.7 Å². The Bertz CT molecular complexity index is 407. The van der Waals surface area contributed by atoms with Crippen LogP contribution in [0.3, 0.4) is 0 Å². The minimum absolute atomic E-state index is 0.418. The Balaban J connectivity index is 1.79. The van der Waals surface area contributed by atoms with Crippen LogP contribution in [0.4, 0.5) is 0 Å². The zero-order valence-electron chi connectivity index (χ0n) is 12.7. The third-order valence-electron chi connectivity index (χ3n) is 4.53. The number of ether oxygens (including phenoxy) is 1. The van der Waals surface area contributed by atoms with Crippen molar-refractivity contribution in [3.63, 3.8) is 0 Å². The highest BCUT2D eigenvalue weighted by Gasteiger charge is 2.31. The molecule has 1 aromatic carbocycles. The summed E-state index contributed by atoms with van der Waals surface area (Å²) in [6, 6.07) is 9.20. The van der Waals surface area contributed by atoms with Gasteiger partial charge in [0.1, 0.15) is 5.75 Å². The van der Waals surface area contributed by atoms with Crippen LogP contribution in [0.1, 0.15) is 51.5 Å². The van der Waals surface area contributed by atoms with E-state index in [9.17, 15) is 0 Å². The molecule has 0 aromatic heterocycles. The van der Waals surface area contributed by atoms with Crippen LogP contribution >= 0.6 is 0 Å². The van der Waals surface area contributed by atoms with Crippen LogP contribution in [-0.2, 0) is 0 Å². The lowest BCUT2D eigenvalue weighted by atomic mass is 9.75. The SMILES string of the molecule is CCC(C)(C)CNC1CC(c2cccc(OC)c2)C1. The summed E-state index contributed by atoms with van der Waals surface area (Å²) < 4.78 is 5.29. The number of methoxy groups -OCH3 is 1. The molecule has 0 saturated heterocycles. The second-order valence-electron chi connectivity index (χ2n) is 6.54. The quantitative estimate of drug-likeness (QED) is 0.836. The van der Waals surface area contributed by atoms with Crippen LogP contribution in [0.25, 0.3) is 0 Å². The first-order valence-electron chi connectivity index (χ1n) is 7.41. The number of rotatable bonds is 6.